The van der Waals surface area contributed by atoms with Crippen molar-refractivity contribution in [3.8, 4) is 0 Å². The van der Waals surface area contributed by atoms with Gasteiger partial charge in [0.2, 0.25) is 0 Å². The Morgan fingerprint density at radius 2 is 1.84 bits per heavy atom. The van der Waals surface area contributed by atoms with Crippen LogP contribution >= 0.6 is 0 Å². The van der Waals surface area contributed by atoms with Gasteiger partial charge in [-0.2, -0.15) is 0 Å². The molecule has 0 aromatic heterocycles. The van der Waals surface area contributed by atoms with E-state index in [1.165, 1.54) is 0 Å². The molecule has 19 heavy (non-hydrogen) atoms. The topological polar surface area (TPSA) is 77.1 Å². The van der Waals surface area contributed by atoms with E-state index in [9.17, 15) is 0 Å². The third kappa shape index (κ3) is 6.22. The average Bonchev–Trinajstić information content (AvgIpc) is 2.46. The normalized spacial score (nSPS) is 11.7. The van der Waals surface area contributed by atoms with Crippen LogP contribution in [0.4, 0.5) is 0 Å². The molecule has 0 aliphatic rings. The predicted molar refractivity (Wildman–Crippen MR) is 74.3 cm³/mol. The first-order chi connectivity index (χ1) is 9.27. The van der Waals surface area contributed by atoms with Crippen LogP contribution in [0.5, 0.6) is 0 Å². The molecule has 5 heteroatoms. The van der Waals surface area contributed by atoms with Gasteiger partial charge in [-0.3, -0.25) is 0 Å². The minimum absolute atomic E-state index is 0.108. The molecule has 5 nitrogen and oxygen atoms in total. The third-order valence-electron chi connectivity index (χ3n) is 2.64. The summed E-state index contributed by atoms with van der Waals surface area (Å²) in [7, 11) is 0. The molecule has 0 saturated heterocycles. The summed E-state index contributed by atoms with van der Waals surface area (Å²) in [5.41, 5.74) is 7.21. The average molecular weight is 266 g/mol. The van der Waals surface area contributed by atoms with Crippen LogP contribution in [0.15, 0.2) is 29.4 Å². The van der Waals surface area contributed by atoms with E-state index in [-0.39, 0.29) is 5.84 Å². The fraction of sp³-hybridized carbons (Fsp3) is 0.500. The van der Waals surface area contributed by atoms with Crippen LogP contribution in [-0.4, -0.2) is 30.9 Å². The van der Waals surface area contributed by atoms with Gasteiger partial charge >= 0.3 is 0 Å². The summed E-state index contributed by atoms with van der Waals surface area (Å²) in [5.74, 6) is 0.108. The zero-order valence-electron chi connectivity index (χ0n) is 11.3. The van der Waals surface area contributed by atoms with Gasteiger partial charge in [0, 0.05) is 12.2 Å². The summed E-state index contributed by atoms with van der Waals surface area (Å²) in [6.07, 6.45) is 2.24. The summed E-state index contributed by atoms with van der Waals surface area (Å²) < 4.78 is 10.9. The Morgan fingerprint density at radius 3 is 2.47 bits per heavy atom. The van der Waals surface area contributed by atoms with Crippen molar-refractivity contribution in [2.24, 2.45) is 10.9 Å². The van der Waals surface area contributed by atoms with Crippen LogP contribution in [0, 0.1) is 0 Å². The van der Waals surface area contributed by atoms with Crippen molar-refractivity contribution in [1.29, 1.82) is 0 Å². The molecule has 3 N–H and O–H groups in total. The molecule has 1 aromatic rings. The molecule has 0 radical (unpaired) electrons. The molecule has 0 aliphatic heterocycles. The number of ether oxygens (including phenoxy) is 2. The molecule has 106 valence electrons. The van der Waals surface area contributed by atoms with E-state index in [1.54, 1.807) is 12.1 Å². The molecule has 1 rings (SSSR count). The summed E-state index contributed by atoms with van der Waals surface area (Å²) in [4.78, 5) is 0. The fourth-order valence-corrected chi connectivity index (χ4v) is 1.49. The lowest BCUT2D eigenvalue weighted by molar-refractivity contribution is 0.0397. The second-order valence-electron chi connectivity index (χ2n) is 4.20. The zero-order chi connectivity index (χ0) is 13.9. The number of nitrogens with two attached hydrogens (primary N) is 1. The molecule has 0 spiro atoms. The number of nitrogens with zero attached hydrogens (tertiary/aromatic N) is 1. The number of benzene rings is 1. The van der Waals surface area contributed by atoms with E-state index in [0.717, 1.165) is 25.0 Å². The van der Waals surface area contributed by atoms with Crippen molar-refractivity contribution in [3.05, 3.63) is 35.4 Å². The van der Waals surface area contributed by atoms with Crippen LogP contribution in [0.2, 0.25) is 0 Å². The van der Waals surface area contributed by atoms with Gasteiger partial charge in [0.15, 0.2) is 5.84 Å². The summed E-state index contributed by atoms with van der Waals surface area (Å²) >= 11 is 0. The van der Waals surface area contributed by atoms with Crippen LogP contribution < -0.4 is 5.73 Å². The molecule has 0 bridgehead atoms. The summed E-state index contributed by atoms with van der Waals surface area (Å²) in [6, 6.07) is 7.38. The first-order valence-corrected chi connectivity index (χ1v) is 6.50. The highest BCUT2D eigenvalue weighted by molar-refractivity contribution is 5.96. The summed E-state index contributed by atoms with van der Waals surface area (Å²) in [5, 5.41) is 11.5. The predicted octanol–water partition coefficient (Wildman–Crippen LogP) is 2.11. The minimum atomic E-state index is 0.108. The Kier molecular flexibility index (Phi) is 7.62. The number of amidine groups is 1. The second kappa shape index (κ2) is 9.35. The minimum Gasteiger partial charge on any atom is -0.409 e. The molecular weight excluding hydrogens is 244 g/mol. The van der Waals surface area contributed by atoms with Gasteiger partial charge in [-0.05, 0) is 12.0 Å². The molecule has 0 saturated carbocycles. The number of oxime groups is 1. The Labute approximate surface area is 114 Å². The van der Waals surface area contributed by atoms with E-state index in [1.807, 2.05) is 12.1 Å². The van der Waals surface area contributed by atoms with Gasteiger partial charge in [0.1, 0.15) is 0 Å². The van der Waals surface area contributed by atoms with Crippen LogP contribution in [0.25, 0.3) is 0 Å². The van der Waals surface area contributed by atoms with Crippen LogP contribution in [0.3, 0.4) is 0 Å². The van der Waals surface area contributed by atoms with Crippen molar-refractivity contribution >= 4 is 5.84 Å². The van der Waals surface area contributed by atoms with Gasteiger partial charge in [-0.25, -0.2) is 0 Å². The SMILES string of the molecule is CCCCOCCOCc1ccc(/C(N)=N/O)cc1. The third-order valence-corrected chi connectivity index (χ3v) is 2.64. The van der Waals surface area contributed by atoms with Gasteiger partial charge in [-0.15, -0.1) is 0 Å². The summed E-state index contributed by atoms with van der Waals surface area (Å²) in [6.45, 7) is 4.69. The van der Waals surface area contributed by atoms with Crippen molar-refractivity contribution < 1.29 is 14.7 Å². The lowest BCUT2D eigenvalue weighted by Gasteiger charge is -2.06. The molecule has 0 fully saturated rings. The molecular formula is C14H22N2O3. The van der Waals surface area contributed by atoms with Gasteiger partial charge in [0.25, 0.3) is 0 Å². The van der Waals surface area contributed by atoms with Crippen LogP contribution in [0.1, 0.15) is 30.9 Å². The highest BCUT2D eigenvalue weighted by atomic mass is 16.5. The van der Waals surface area contributed by atoms with Gasteiger partial charge in [-0.1, -0.05) is 42.8 Å². The highest BCUT2D eigenvalue weighted by Gasteiger charge is 1.99. The number of hydrogen-bond acceptors (Lipinski definition) is 4. The Morgan fingerprint density at radius 1 is 1.16 bits per heavy atom. The largest absolute Gasteiger partial charge is 0.409 e. The number of unbranched alkanes of at least 4 members (excludes halogenated alkanes) is 1. The molecule has 0 unspecified atom stereocenters. The molecule has 1 aromatic carbocycles. The van der Waals surface area contributed by atoms with Crippen molar-refractivity contribution in [2.75, 3.05) is 19.8 Å². The monoisotopic (exact) mass is 266 g/mol. The highest BCUT2D eigenvalue weighted by Crippen LogP contribution is 2.05. The zero-order valence-corrected chi connectivity index (χ0v) is 11.3. The van der Waals surface area contributed by atoms with Gasteiger partial charge < -0.3 is 20.4 Å². The Bertz CT molecular complexity index is 377. The van der Waals surface area contributed by atoms with E-state index < -0.39 is 0 Å². The lowest BCUT2D eigenvalue weighted by Crippen LogP contribution is -2.12. The van der Waals surface area contributed by atoms with Crippen molar-refractivity contribution in [3.63, 3.8) is 0 Å². The molecule has 0 aliphatic carbocycles. The Hall–Kier alpha value is -1.59. The maximum absolute atomic E-state index is 8.54. The van der Waals surface area contributed by atoms with E-state index >= 15 is 0 Å². The maximum Gasteiger partial charge on any atom is 0.170 e. The second-order valence-corrected chi connectivity index (χ2v) is 4.20. The Balaban J connectivity index is 2.19. The van der Waals surface area contributed by atoms with Crippen molar-refractivity contribution in [1.82, 2.24) is 0 Å². The van der Waals surface area contributed by atoms with E-state index in [0.29, 0.717) is 25.4 Å². The van der Waals surface area contributed by atoms with Gasteiger partial charge in [0.05, 0.1) is 19.8 Å². The fourth-order valence-electron chi connectivity index (χ4n) is 1.49. The quantitative estimate of drug-likeness (QED) is 0.236. The van der Waals surface area contributed by atoms with Crippen LogP contribution in [-0.2, 0) is 16.1 Å². The van der Waals surface area contributed by atoms with Crippen molar-refractivity contribution in [2.45, 2.75) is 26.4 Å². The van der Waals surface area contributed by atoms with E-state index in [2.05, 4.69) is 12.1 Å². The smallest absolute Gasteiger partial charge is 0.170 e. The first kappa shape index (κ1) is 15.5. The number of hydrogen-bond donors (Lipinski definition) is 2. The standard InChI is InChI=1S/C14H22N2O3/c1-2-3-8-18-9-10-19-11-12-4-6-13(7-5-12)14(15)16-17/h4-7,17H,2-3,8-11H2,1H3,(H2,15,16). The molecule has 0 amide bonds. The first-order valence-electron chi connectivity index (χ1n) is 6.50. The number of rotatable bonds is 9. The lowest BCUT2D eigenvalue weighted by atomic mass is 10.1. The maximum atomic E-state index is 8.54. The molecule has 0 atom stereocenters. The van der Waals surface area contributed by atoms with E-state index in [4.69, 9.17) is 20.4 Å². The molecule has 0 heterocycles.